The number of hydrogen-bond donors (Lipinski definition) is 2. The van der Waals surface area contributed by atoms with Gasteiger partial charge in [0.25, 0.3) is 0 Å². The van der Waals surface area contributed by atoms with E-state index in [4.69, 9.17) is 0 Å². The molecule has 0 bridgehead atoms. The first kappa shape index (κ1) is 11.7. The molecule has 0 aromatic heterocycles. The van der Waals surface area contributed by atoms with Crippen molar-refractivity contribution in [2.24, 2.45) is 0 Å². The Labute approximate surface area is 90.9 Å². The van der Waals surface area contributed by atoms with Crippen LogP contribution in [0.3, 0.4) is 0 Å². The lowest BCUT2D eigenvalue weighted by molar-refractivity contribution is -0.122. The van der Waals surface area contributed by atoms with Gasteiger partial charge in [0, 0.05) is 7.05 Å². The van der Waals surface area contributed by atoms with E-state index in [-0.39, 0.29) is 11.9 Å². The number of carbonyl (C=O) groups is 1. The lowest BCUT2D eigenvalue weighted by atomic mass is 10.1. The summed E-state index contributed by atoms with van der Waals surface area (Å²) < 4.78 is 0. The minimum absolute atomic E-state index is 0.00894. The van der Waals surface area contributed by atoms with Crippen molar-refractivity contribution in [2.45, 2.75) is 19.4 Å². The largest absolute Gasteiger partial charge is 0.358 e. The van der Waals surface area contributed by atoms with Crippen LogP contribution in [0.15, 0.2) is 30.3 Å². The molecule has 82 valence electrons. The minimum atomic E-state index is -0.240. The lowest BCUT2D eigenvalue weighted by Gasteiger charge is -2.17. The maximum Gasteiger partial charge on any atom is 0.241 e. The number of hydrogen-bond acceptors (Lipinski definition) is 2. The van der Waals surface area contributed by atoms with E-state index in [2.05, 4.69) is 17.6 Å². The number of benzene rings is 1. The molecule has 3 nitrogen and oxygen atoms in total. The molecule has 0 spiro atoms. The van der Waals surface area contributed by atoms with Crippen LogP contribution in [0.2, 0.25) is 0 Å². The Morgan fingerprint density at radius 3 is 2.53 bits per heavy atom. The van der Waals surface area contributed by atoms with Gasteiger partial charge in [-0.1, -0.05) is 37.3 Å². The summed E-state index contributed by atoms with van der Waals surface area (Å²) >= 11 is 0. The molecule has 0 saturated carbocycles. The molecule has 1 aromatic rings. The Bertz CT molecular complexity index is 298. The summed E-state index contributed by atoms with van der Waals surface area (Å²) in [5.41, 5.74) is 1.00. The average molecular weight is 206 g/mol. The summed E-state index contributed by atoms with van der Waals surface area (Å²) in [6.07, 6.45) is 1.01. The second-order valence-corrected chi connectivity index (χ2v) is 3.41. The summed E-state index contributed by atoms with van der Waals surface area (Å²) in [5, 5.41) is 5.90. The highest BCUT2D eigenvalue weighted by molar-refractivity contribution is 5.82. The number of carbonyl (C=O) groups excluding carboxylic acids is 1. The number of likely N-dealkylation sites (N-methyl/N-ethyl adjacent to an activating group) is 1. The van der Waals surface area contributed by atoms with E-state index in [0.29, 0.717) is 0 Å². The fraction of sp³-hybridized carbons (Fsp3) is 0.417. The van der Waals surface area contributed by atoms with Crippen molar-refractivity contribution in [3.05, 3.63) is 35.9 Å². The van der Waals surface area contributed by atoms with Crippen LogP contribution in [-0.2, 0) is 4.79 Å². The zero-order chi connectivity index (χ0) is 11.1. The lowest BCUT2D eigenvalue weighted by Crippen LogP contribution is -2.36. The average Bonchev–Trinajstić information content (AvgIpc) is 2.30. The van der Waals surface area contributed by atoms with Gasteiger partial charge in [0.05, 0.1) is 0 Å². The second kappa shape index (κ2) is 6.19. The van der Waals surface area contributed by atoms with E-state index in [1.54, 1.807) is 7.05 Å². The van der Waals surface area contributed by atoms with Gasteiger partial charge in [0.1, 0.15) is 6.04 Å². The van der Waals surface area contributed by atoms with Gasteiger partial charge in [-0.25, -0.2) is 0 Å². The Morgan fingerprint density at radius 1 is 1.33 bits per heavy atom. The quantitative estimate of drug-likeness (QED) is 0.766. The normalized spacial score (nSPS) is 12.1. The van der Waals surface area contributed by atoms with Crippen LogP contribution in [0, 0.1) is 0 Å². The van der Waals surface area contributed by atoms with Crippen molar-refractivity contribution in [3.63, 3.8) is 0 Å². The zero-order valence-corrected chi connectivity index (χ0v) is 9.29. The fourth-order valence-corrected chi connectivity index (χ4v) is 1.44. The minimum Gasteiger partial charge on any atom is -0.358 e. The van der Waals surface area contributed by atoms with Gasteiger partial charge < -0.3 is 10.6 Å². The van der Waals surface area contributed by atoms with Gasteiger partial charge in [-0.2, -0.15) is 0 Å². The maximum absolute atomic E-state index is 11.6. The van der Waals surface area contributed by atoms with Crippen LogP contribution in [0.4, 0.5) is 0 Å². The van der Waals surface area contributed by atoms with Gasteiger partial charge >= 0.3 is 0 Å². The van der Waals surface area contributed by atoms with Crippen LogP contribution in [0.1, 0.15) is 24.9 Å². The molecular formula is C12H18N2O. The Balaban J connectivity index is 2.76. The van der Waals surface area contributed by atoms with E-state index in [1.807, 2.05) is 30.3 Å². The molecule has 15 heavy (non-hydrogen) atoms. The van der Waals surface area contributed by atoms with Crippen molar-refractivity contribution in [1.82, 2.24) is 10.6 Å². The van der Waals surface area contributed by atoms with E-state index in [9.17, 15) is 4.79 Å². The SMILES string of the molecule is CCCNC(C(=O)NC)c1ccccc1. The third kappa shape index (κ3) is 3.36. The first-order chi connectivity index (χ1) is 7.29. The van der Waals surface area contributed by atoms with Crippen molar-refractivity contribution in [2.75, 3.05) is 13.6 Å². The van der Waals surface area contributed by atoms with Crippen LogP contribution in [0.25, 0.3) is 0 Å². The van der Waals surface area contributed by atoms with Crippen LogP contribution in [-0.4, -0.2) is 19.5 Å². The molecule has 0 heterocycles. The smallest absolute Gasteiger partial charge is 0.241 e. The molecule has 0 radical (unpaired) electrons. The highest BCUT2D eigenvalue weighted by Gasteiger charge is 2.17. The van der Waals surface area contributed by atoms with E-state index in [0.717, 1.165) is 18.5 Å². The van der Waals surface area contributed by atoms with Gasteiger partial charge in [0.15, 0.2) is 0 Å². The molecule has 1 amide bonds. The third-order valence-corrected chi connectivity index (χ3v) is 2.24. The Morgan fingerprint density at radius 2 is 2.00 bits per heavy atom. The van der Waals surface area contributed by atoms with Gasteiger partial charge in [-0.15, -0.1) is 0 Å². The third-order valence-electron chi connectivity index (χ3n) is 2.24. The van der Waals surface area contributed by atoms with E-state index < -0.39 is 0 Å². The van der Waals surface area contributed by atoms with Crippen molar-refractivity contribution in [1.29, 1.82) is 0 Å². The molecule has 3 heteroatoms. The van der Waals surface area contributed by atoms with Crippen LogP contribution < -0.4 is 10.6 Å². The molecule has 0 aliphatic heterocycles. The molecule has 0 saturated heterocycles. The zero-order valence-electron chi connectivity index (χ0n) is 9.29. The second-order valence-electron chi connectivity index (χ2n) is 3.41. The summed E-state index contributed by atoms with van der Waals surface area (Å²) in [4.78, 5) is 11.6. The van der Waals surface area contributed by atoms with Crippen molar-refractivity contribution < 1.29 is 4.79 Å². The molecule has 1 aromatic carbocycles. The molecule has 1 atom stereocenters. The Hall–Kier alpha value is -1.35. The summed E-state index contributed by atoms with van der Waals surface area (Å²) in [7, 11) is 1.66. The molecule has 0 fully saturated rings. The molecule has 1 unspecified atom stereocenters. The van der Waals surface area contributed by atoms with Gasteiger partial charge in [0.2, 0.25) is 5.91 Å². The fourth-order valence-electron chi connectivity index (χ4n) is 1.44. The number of nitrogens with one attached hydrogen (secondary N) is 2. The number of amides is 1. The molecule has 1 rings (SSSR count). The predicted octanol–water partition coefficient (Wildman–Crippen LogP) is 1.47. The van der Waals surface area contributed by atoms with Crippen molar-refractivity contribution in [3.8, 4) is 0 Å². The molecule has 0 aliphatic carbocycles. The standard InChI is InChI=1S/C12H18N2O/c1-3-9-14-11(12(15)13-2)10-7-5-4-6-8-10/h4-8,11,14H,3,9H2,1-2H3,(H,13,15). The predicted molar refractivity (Wildman–Crippen MR) is 61.5 cm³/mol. The first-order valence-electron chi connectivity index (χ1n) is 5.29. The molecule has 0 aliphatic rings. The summed E-state index contributed by atoms with van der Waals surface area (Å²) in [5.74, 6) is 0.00894. The molecule has 2 N–H and O–H groups in total. The van der Waals surface area contributed by atoms with Gasteiger partial charge in [-0.3, -0.25) is 4.79 Å². The summed E-state index contributed by atoms with van der Waals surface area (Å²) in [6, 6.07) is 9.52. The Kier molecular flexibility index (Phi) is 4.84. The molecular weight excluding hydrogens is 188 g/mol. The van der Waals surface area contributed by atoms with Crippen LogP contribution >= 0.6 is 0 Å². The highest BCUT2D eigenvalue weighted by Crippen LogP contribution is 2.12. The van der Waals surface area contributed by atoms with Crippen LogP contribution in [0.5, 0.6) is 0 Å². The van der Waals surface area contributed by atoms with E-state index >= 15 is 0 Å². The van der Waals surface area contributed by atoms with Crippen molar-refractivity contribution >= 4 is 5.91 Å². The summed E-state index contributed by atoms with van der Waals surface area (Å²) in [6.45, 7) is 2.92. The maximum atomic E-state index is 11.6. The first-order valence-corrected chi connectivity index (χ1v) is 5.29. The topological polar surface area (TPSA) is 41.1 Å². The van der Waals surface area contributed by atoms with Gasteiger partial charge in [-0.05, 0) is 18.5 Å². The highest BCUT2D eigenvalue weighted by atomic mass is 16.2. The number of rotatable bonds is 5. The van der Waals surface area contributed by atoms with E-state index in [1.165, 1.54) is 0 Å². The monoisotopic (exact) mass is 206 g/mol.